The molecule has 3 atom stereocenters. The molecule has 0 heterocycles. The lowest BCUT2D eigenvalue weighted by Crippen LogP contribution is -2.51. The number of hydrogen-bond donors (Lipinski definition) is 1. The first-order chi connectivity index (χ1) is 15.3. The molecule has 32 heavy (non-hydrogen) atoms. The zero-order chi connectivity index (χ0) is 23.8. The Morgan fingerprint density at radius 1 is 1.03 bits per heavy atom. The number of unbranched alkanes of at least 4 members (excludes halogenated alkanes) is 2. The Bertz CT molecular complexity index is 644. The highest BCUT2D eigenvalue weighted by Gasteiger charge is 2.32. The Morgan fingerprint density at radius 2 is 1.69 bits per heavy atom. The summed E-state index contributed by atoms with van der Waals surface area (Å²) in [5, 5.41) is 2.95. The van der Waals surface area contributed by atoms with Gasteiger partial charge >= 0.3 is 6.09 Å². The first-order valence-corrected chi connectivity index (χ1v) is 11.2. The van der Waals surface area contributed by atoms with Gasteiger partial charge in [0.1, 0.15) is 25.3 Å². The predicted octanol–water partition coefficient (Wildman–Crippen LogP) is 5.15. The first-order valence-electron chi connectivity index (χ1n) is 11.2. The van der Waals surface area contributed by atoms with E-state index < -0.39 is 23.8 Å². The maximum atomic E-state index is 12.6. The van der Waals surface area contributed by atoms with Crippen molar-refractivity contribution in [3.63, 3.8) is 0 Å². The number of carbonyl (C=O) groups is 1. The van der Waals surface area contributed by atoms with Crippen molar-refractivity contribution < 1.29 is 28.5 Å². The number of nitrogens with one attached hydrogen (secondary N) is 1. The van der Waals surface area contributed by atoms with Crippen LogP contribution >= 0.6 is 0 Å². The van der Waals surface area contributed by atoms with Gasteiger partial charge in [-0.15, -0.1) is 0 Å². The molecule has 0 aliphatic rings. The molecule has 0 radical (unpaired) electrons. The largest absolute Gasteiger partial charge is 0.444 e. The molecule has 1 rings (SSSR count). The molecule has 0 saturated heterocycles. The van der Waals surface area contributed by atoms with Crippen molar-refractivity contribution in [3.05, 3.63) is 42.0 Å². The van der Waals surface area contributed by atoms with Crippen LogP contribution in [-0.4, -0.2) is 57.7 Å². The SMILES string of the molecule is CCCCC[C@H](OCOC)[C@H](OCOC)[C@@H](/C=C/c1ccccc1)NC(=O)OC(C)(C)C. The molecule has 1 N–H and O–H groups in total. The molecule has 1 amide bonds. The molecule has 0 aliphatic carbocycles. The van der Waals surface area contributed by atoms with Crippen LogP contribution in [0.3, 0.4) is 0 Å². The Hall–Kier alpha value is -1.93. The summed E-state index contributed by atoms with van der Waals surface area (Å²) >= 11 is 0. The van der Waals surface area contributed by atoms with Crippen LogP contribution in [0.1, 0.15) is 58.9 Å². The van der Waals surface area contributed by atoms with E-state index in [1.807, 2.05) is 63.3 Å². The van der Waals surface area contributed by atoms with E-state index in [0.29, 0.717) is 0 Å². The maximum Gasteiger partial charge on any atom is 0.408 e. The lowest BCUT2D eigenvalue weighted by atomic mass is 9.98. The second kappa shape index (κ2) is 15.8. The van der Waals surface area contributed by atoms with E-state index in [4.69, 9.17) is 23.7 Å². The van der Waals surface area contributed by atoms with Crippen LogP contribution in [-0.2, 0) is 23.7 Å². The van der Waals surface area contributed by atoms with Crippen molar-refractivity contribution in [2.75, 3.05) is 27.8 Å². The lowest BCUT2D eigenvalue weighted by molar-refractivity contribution is -0.163. The third-order valence-electron chi connectivity index (χ3n) is 4.57. The second-order valence-corrected chi connectivity index (χ2v) is 8.59. The fourth-order valence-corrected chi connectivity index (χ4v) is 3.14. The quantitative estimate of drug-likeness (QED) is 0.294. The molecule has 1 aromatic carbocycles. The Labute approximate surface area is 193 Å². The van der Waals surface area contributed by atoms with E-state index >= 15 is 0 Å². The molecule has 0 aliphatic heterocycles. The van der Waals surface area contributed by atoms with Crippen molar-refractivity contribution in [1.82, 2.24) is 5.32 Å². The molecule has 0 spiro atoms. The fraction of sp³-hybridized carbons (Fsp3) is 0.640. The summed E-state index contributed by atoms with van der Waals surface area (Å²) in [5.41, 5.74) is 0.391. The highest BCUT2D eigenvalue weighted by Crippen LogP contribution is 2.19. The highest BCUT2D eigenvalue weighted by atomic mass is 16.7. The molecular weight excluding hydrogens is 410 g/mol. The van der Waals surface area contributed by atoms with Gasteiger partial charge in [0.25, 0.3) is 0 Å². The number of alkyl carbamates (subject to hydrolysis) is 1. The molecule has 7 nitrogen and oxygen atoms in total. The minimum absolute atomic E-state index is 0.0664. The Kier molecular flexibility index (Phi) is 13.9. The lowest BCUT2D eigenvalue weighted by Gasteiger charge is -2.33. The molecule has 0 bridgehead atoms. The van der Waals surface area contributed by atoms with Gasteiger partial charge in [-0.25, -0.2) is 4.79 Å². The van der Waals surface area contributed by atoms with Gasteiger partial charge in [0, 0.05) is 14.2 Å². The molecular formula is C25H41NO6. The van der Waals surface area contributed by atoms with Crippen LogP contribution < -0.4 is 5.32 Å². The third kappa shape index (κ3) is 12.2. The zero-order valence-electron chi connectivity index (χ0n) is 20.5. The second-order valence-electron chi connectivity index (χ2n) is 8.59. The molecule has 0 aromatic heterocycles. The molecule has 0 unspecified atom stereocenters. The van der Waals surface area contributed by atoms with Gasteiger partial charge < -0.3 is 29.0 Å². The smallest absolute Gasteiger partial charge is 0.408 e. The summed E-state index contributed by atoms with van der Waals surface area (Å²) in [6.45, 7) is 7.84. The number of methoxy groups -OCH3 is 2. The minimum atomic E-state index is -0.617. The summed E-state index contributed by atoms with van der Waals surface area (Å²) in [4.78, 5) is 12.6. The van der Waals surface area contributed by atoms with Crippen LogP contribution in [0.2, 0.25) is 0 Å². The van der Waals surface area contributed by atoms with E-state index in [-0.39, 0.29) is 19.7 Å². The number of rotatable bonds is 15. The standard InChI is InChI=1S/C25H41NO6/c1-7-8-10-15-22(30-18-28-5)23(31-19-29-6)21(26-24(27)32-25(2,3)4)17-16-20-13-11-9-12-14-20/h9,11-14,16-17,21-23H,7-8,10,15,18-19H2,1-6H3,(H,26,27)/b17-16+/t21-,22+,23-/m1/s1. The van der Waals surface area contributed by atoms with E-state index in [1.165, 1.54) is 0 Å². The van der Waals surface area contributed by atoms with Crippen LogP contribution in [0.15, 0.2) is 36.4 Å². The Morgan fingerprint density at radius 3 is 2.28 bits per heavy atom. The number of carbonyl (C=O) groups excluding carboxylic acids is 1. The van der Waals surface area contributed by atoms with Crippen molar-refractivity contribution in [2.24, 2.45) is 0 Å². The van der Waals surface area contributed by atoms with Gasteiger partial charge in [-0.2, -0.15) is 0 Å². The van der Waals surface area contributed by atoms with Crippen LogP contribution in [0.25, 0.3) is 6.08 Å². The molecule has 7 heteroatoms. The van der Waals surface area contributed by atoms with Gasteiger partial charge in [0.15, 0.2) is 0 Å². The fourth-order valence-electron chi connectivity index (χ4n) is 3.14. The number of hydrogen-bond acceptors (Lipinski definition) is 6. The summed E-state index contributed by atoms with van der Waals surface area (Å²) < 4.78 is 27.8. The minimum Gasteiger partial charge on any atom is -0.444 e. The summed E-state index contributed by atoms with van der Waals surface area (Å²) in [7, 11) is 3.15. The van der Waals surface area contributed by atoms with E-state index in [9.17, 15) is 4.79 Å². The molecule has 0 fully saturated rings. The predicted molar refractivity (Wildman–Crippen MR) is 126 cm³/mol. The van der Waals surface area contributed by atoms with Crippen molar-refractivity contribution in [3.8, 4) is 0 Å². The van der Waals surface area contributed by atoms with Crippen molar-refractivity contribution in [1.29, 1.82) is 0 Å². The highest BCUT2D eigenvalue weighted by molar-refractivity contribution is 5.69. The van der Waals surface area contributed by atoms with Gasteiger partial charge in [-0.05, 0) is 32.8 Å². The topological polar surface area (TPSA) is 75.3 Å². The average Bonchev–Trinajstić information content (AvgIpc) is 2.74. The summed E-state index contributed by atoms with van der Waals surface area (Å²) in [5.74, 6) is 0. The van der Waals surface area contributed by atoms with E-state index in [2.05, 4.69) is 12.2 Å². The molecule has 182 valence electrons. The van der Waals surface area contributed by atoms with Crippen molar-refractivity contribution >= 4 is 12.2 Å². The summed E-state index contributed by atoms with van der Waals surface area (Å²) in [6, 6.07) is 9.36. The van der Waals surface area contributed by atoms with Crippen LogP contribution in [0, 0.1) is 0 Å². The number of amides is 1. The third-order valence-corrected chi connectivity index (χ3v) is 4.57. The normalized spacial score (nSPS) is 14.8. The Balaban J connectivity index is 3.19. The molecule has 0 saturated carbocycles. The van der Waals surface area contributed by atoms with E-state index in [0.717, 1.165) is 31.2 Å². The zero-order valence-corrected chi connectivity index (χ0v) is 20.5. The average molecular weight is 452 g/mol. The molecule has 1 aromatic rings. The van der Waals surface area contributed by atoms with Gasteiger partial charge in [-0.1, -0.05) is 68.7 Å². The number of benzene rings is 1. The van der Waals surface area contributed by atoms with E-state index in [1.54, 1.807) is 14.2 Å². The van der Waals surface area contributed by atoms with Crippen molar-refractivity contribution in [2.45, 2.75) is 77.2 Å². The van der Waals surface area contributed by atoms with Gasteiger partial charge in [0.2, 0.25) is 0 Å². The monoisotopic (exact) mass is 451 g/mol. The number of ether oxygens (including phenoxy) is 5. The van der Waals surface area contributed by atoms with Crippen LogP contribution in [0.4, 0.5) is 4.79 Å². The maximum absolute atomic E-state index is 12.6. The van der Waals surface area contributed by atoms with Crippen LogP contribution in [0.5, 0.6) is 0 Å². The van der Waals surface area contributed by atoms with Gasteiger partial charge in [0.05, 0.1) is 12.1 Å². The first kappa shape index (κ1) is 28.1. The summed E-state index contributed by atoms with van der Waals surface area (Å²) in [6.07, 6.45) is 6.42. The van der Waals surface area contributed by atoms with Gasteiger partial charge in [-0.3, -0.25) is 0 Å².